The summed E-state index contributed by atoms with van der Waals surface area (Å²) >= 11 is 6.25. The summed E-state index contributed by atoms with van der Waals surface area (Å²) in [5, 5.41) is 0.502. The van der Waals surface area contributed by atoms with Gasteiger partial charge in [0.2, 0.25) is 5.91 Å². The van der Waals surface area contributed by atoms with Crippen LogP contribution in [-0.4, -0.2) is 74.4 Å². The minimum atomic E-state index is 0.0257. The van der Waals surface area contributed by atoms with E-state index in [4.69, 9.17) is 25.8 Å². The Kier molecular flexibility index (Phi) is 5.86. The van der Waals surface area contributed by atoms with E-state index in [0.717, 1.165) is 57.7 Å². The van der Waals surface area contributed by atoms with Crippen molar-refractivity contribution < 1.29 is 19.0 Å². The maximum Gasteiger partial charge on any atom is 0.246 e. The second kappa shape index (κ2) is 8.50. The van der Waals surface area contributed by atoms with Crippen LogP contribution < -0.4 is 9.47 Å². The van der Waals surface area contributed by atoms with Crippen LogP contribution in [0.15, 0.2) is 18.2 Å². The van der Waals surface area contributed by atoms with Gasteiger partial charge in [0.1, 0.15) is 13.2 Å². The Morgan fingerprint density at radius 1 is 1.15 bits per heavy atom. The van der Waals surface area contributed by atoms with E-state index < -0.39 is 0 Å². The lowest BCUT2D eigenvalue weighted by molar-refractivity contribution is -0.127. The van der Waals surface area contributed by atoms with Crippen LogP contribution in [0.1, 0.15) is 18.4 Å². The molecule has 0 bridgehead atoms. The molecule has 27 heavy (non-hydrogen) atoms. The van der Waals surface area contributed by atoms with Crippen LogP contribution >= 0.6 is 11.6 Å². The topological polar surface area (TPSA) is 51.2 Å². The van der Waals surface area contributed by atoms with E-state index in [1.807, 2.05) is 11.0 Å². The first kappa shape index (κ1) is 18.6. The van der Waals surface area contributed by atoms with E-state index in [9.17, 15) is 4.79 Å². The Morgan fingerprint density at radius 3 is 2.74 bits per heavy atom. The normalized spacial score (nSPS) is 23.1. The van der Waals surface area contributed by atoms with Gasteiger partial charge in [-0.2, -0.15) is 0 Å². The Bertz CT molecular complexity index is 710. The van der Waals surface area contributed by atoms with Crippen molar-refractivity contribution in [2.24, 2.45) is 0 Å². The molecule has 0 N–H and O–H groups in total. The first-order chi connectivity index (χ1) is 13.2. The van der Waals surface area contributed by atoms with Gasteiger partial charge in [0, 0.05) is 45.4 Å². The van der Waals surface area contributed by atoms with Crippen molar-refractivity contribution in [1.29, 1.82) is 0 Å². The second-order valence-corrected chi connectivity index (χ2v) is 7.53. The van der Waals surface area contributed by atoms with Crippen LogP contribution in [0.2, 0.25) is 5.02 Å². The van der Waals surface area contributed by atoms with Gasteiger partial charge in [-0.25, -0.2) is 0 Å². The van der Waals surface area contributed by atoms with Crippen molar-refractivity contribution in [2.75, 3.05) is 52.5 Å². The number of carbonyl (C=O) groups is 1. The van der Waals surface area contributed by atoms with Gasteiger partial charge >= 0.3 is 0 Å². The summed E-state index contributed by atoms with van der Waals surface area (Å²) in [7, 11) is 0. The number of hydrogen-bond donors (Lipinski definition) is 0. The van der Waals surface area contributed by atoms with E-state index in [1.54, 1.807) is 18.2 Å². The highest BCUT2D eigenvalue weighted by Gasteiger charge is 2.24. The Hall–Kier alpha value is -1.76. The van der Waals surface area contributed by atoms with Gasteiger partial charge < -0.3 is 19.1 Å². The van der Waals surface area contributed by atoms with E-state index in [1.165, 1.54) is 0 Å². The summed E-state index contributed by atoms with van der Waals surface area (Å²) in [6, 6.07) is 3.64. The number of amides is 1. The molecular weight excluding hydrogens is 368 g/mol. The monoisotopic (exact) mass is 392 g/mol. The molecule has 6 nitrogen and oxygen atoms in total. The molecule has 2 saturated heterocycles. The number of ether oxygens (including phenoxy) is 3. The number of hydrogen-bond acceptors (Lipinski definition) is 5. The molecule has 0 spiro atoms. The molecule has 0 aromatic heterocycles. The van der Waals surface area contributed by atoms with Gasteiger partial charge in [-0.1, -0.05) is 11.6 Å². The van der Waals surface area contributed by atoms with E-state index in [-0.39, 0.29) is 5.91 Å². The van der Waals surface area contributed by atoms with E-state index >= 15 is 0 Å². The number of carbonyl (C=O) groups excluding carboxylic acids is 1. The third kappa shape index (κ3) is 4.57. The van der Waals surface area contributed by atoms with Crippen molar-refractivity contribution in [3.63, 3.8) is 0 Å². The summed E-state index contributed by atoms with van der Waals surface area (Å²) in [4.78, 5) is 16.8. The molecule has 7 heteroatoms. The number of rotatable bonds is 4. The molecule has 3 aliphatic heterocycles. The highest BCUT2D eigenvalue weighted by molar-refractivity contribution is 6.32. The second-order valence-electron chi connectivity index (χ2n) is 7.12. The van der Waals surface area contributed by atoms with Gasteiger partial charge in [-0.3, -0.25) is 9.69 Å². The predicted molar refractivity (Wildman–Crippen MR) is 103 cm³/mol. The lowest BCUT2D eigenvalue weighted by Crippen LogP contribution is -2.50. The number of halogens is 1. The maximum absolute atomic E-state index is 12.5. The average molecular weight is 393 g/mol. The minimum Gasteiger partial charge on any atom is -0.486 e. The number of nitrogens with zero attached hydrogens (tertiary/aromatic N) is 2. The maximum atomic E-state index is 12.5. The first-order valence-electron chi connectivity index (χ1n) is 9.59. The highest BCUT2D eigenvalue weighted by Crippen LogP contribution is 2.38. The lowest BCUT2D eigenvalue weighted by Gasteiger charge is -2.35. The van der Waals surface area contributed by atoms with Crippen LogP contribution in [-0.2, 0) is 9.53 Å². The molecule has 146 valence electrons. The first-order valence-corrected chi connectivity index (χ1v) is 9.97. The summed E-state index contributed by atoms with van der Waals surface area (Å²) in [6.45, 7) is 6.16. The summed E-state index contributed by atoms with van der Waals surface area (Å²) < 4.78 is 16.8. The fourth-order valence-electron chi connectivity index (χ4n) is 3.73. The van der Waals surface area contributed by atoms with Crippen LogP contribution in [0, 0.1) is 0 Å². The predicted octanol–water partition coefficient (Wildman–Crippen LogP) is 2.45. The third-order valence-electron chi connectivity index (χ3n) is 5.21. The molecule has 1 amide bonds. The van der Waals surface area contributed by atoms with Crippen LogP contribution in [0.25, 0.3) is 6.08 Å². The standard InChI is InChI=1S/C20H25ClN2O4/c21-17-12-15(13-18-20(17)27-11-10-26-18)3-4-19(24)23-7-5-22(6-8-23)14-16-2-1-9-25-16/h3-4,12-13,16H,1-2,5-11,14H2. The van der Waals surface area contributed by atoms with Crippen molar-refractivity contribution >= 4 is 23.6 Å². The molecule has 0 radical (unpaired) electrons. The quantitative estimate of drug-likeness (QED) is 0.737. The summed E-state index contributed by atoms with van der Waals surface area (Å²) in [5.74, 6) is 1.23. The van der Waals surface area contributed by atoms with Crippen LogP contribution in [0.5, 0.6) is 11.5 Å². The van der Waals surface area contributed by atoms with Crippen LogP contribution in [0.4, 0.5) is 0 Å². The van der Waals surface area contributed by atoms with Crippen LogP contribution in [0.3, 0.4) is 0 Å². The fourth-order valence-corrected chi connectivity index (χ4v) is 4.00. The number of fused-ring (bicyclic) bond motifs is 1. The van der Waals surface area contributed by atoms with Crippen molar-refractivity contribution in [2.45, 2.75) is 18.9 Å². The lowest BCUT2D eigenvalue weighted by atomic mass is 10.1. The third-order valence-corrected chi connectivity index (χ3v) is 5.49. The molecule has 1 unspecified atom stereocenters. The molecular formula is C20H25ClN2O4. The summed E-state index contributed by atoms with van der Waals surface area (Å²) in [6.07, 6.45) is 6.08. The smallest absolute Gasteiger partial charge is 0.246 e. The van der Waals surface area contributed by atoms with Gasteiger partial charge in [0.25, 0.3) is 0 Å². The molecule has 0 saturated carbocycles. The largest absolute Gasteiger partial charge is 0.486 e. The molecule has 1 aromatic carbocycles. The zero-order chi connectivity index (χ0) is 18.6. The van der Waals surface area contributed by atoms with Gasteiger partial charge in [-0.15, -0.1) is 0 Å². The Labute approximate surface area is 164 Å². The van der Waals surface area contributed by atoms with Crippen molar-refractivity contribution in [3.8, 4) is 11.5 Å². The van der Waals surface area contributed by atoms with Gasteiger partial charge in [0.05, 0.1) is 11.1 Å². The molecule has 3 heterocycles. The van der Waals surface area contributed by atoms with Crippen molar-refractivity contribution in [1.82, 2.24) is 9.80 Å². The molecule has 3 aliphatic rings. The van der Waals surface area contributed by atoms with E-state index in [0.29, 0.717) is 35.8 Å². The minimum absolute atomic E-state index is 0.0257. The molecule has 0 aliphatic carbocycles. The number of piperazine rings is 1. The summed E-state index contributed by atoms with van der Waals surface area (Å²) in [5.41, 5.74) is 0.828. The highest BCUT2D eigenvalue weighted by atomic mass is 35.5. The van der Waals surface area contributed by atoms with Gasteiger partial charge in [0.15, 0.2) is 11.5 Å². The zero-order valence-corrected chi connectivity index (χ0v) is 16.1. The molecule has 1 atom stereocenters. The fraction of sp³-hybridized carbons (Fsp3) is 0.550. The van der Waals surface area contributed by atoms with E-state index in [2.05, 4.69) is 4.90 Å². The van der Waals surface area contributed by atoms with Gasteiger partial charge in [-0.05, 0) is 36.6 Å². The Balaban J connectivity index is 1.31. The van der Waals surface area contributed by atoms with Crippen molar-refractivity contribution in [3.05, 3.63) is 28.8 Å². The number of benzene rings is 1. The SMILES string of the molecule is O=C(C=Cc1cc(Cl)c2c(c1)OCCO2)N1CCN(CC2CCCO2)CC1. The zero-order valence-electron chi connectivity index (χ0n) is 15.4. The molecule has 1 aromatic rings. The Morgan fingerprint density at radius 2 is 1.96 bits per heavy atom. The molecule has 4 rings (SSSR count). The molecule has 2 fully saturated rings. The average Bonchev–Trinajstić information content (AvgIpc) is 3.20.